The molecule has 3 N–H and O–H groups in total. The number of ether oxygens (including phenoxy) is 1. The van der Waals surface area contributed by atoms with E-state index in [1.54, 1.807) is 0 Å². The lowest BCUT2D eigenvalue weighted by Gasteiger charge is -2.13. The minimum Gasteiger partial charge on any atom is -0.376 e. The molecule has 1 aliphatic heterocycles. The SMILES string of the molecule is CCNC(=NCC1CCCO1)NCCC(=O)Nc1ccc(Br)cc1C. The van der Waals surface area contributed by atoms with Gasteiger partial charge in [-0.3, -0.25) is 9.79 Å². The maximum atomic E-state index is 12.1. The molecule has 1 aromatic rings. The van der Waals surface area contributed by atoms with Gasteiger partial charge in [0.25, 0.3) is 0 Å². The Balaban J connectivity index is 1.76. The molecule has 0 saturated carbocycles. The molecule has 0 aromatic heterocycles. The fourth-order valence-electron chi connectivity index (χ4n) is 2.60. The first-order chi connectivity index (χ1) is 12.1. The van der Waals surface area contributed by atoms with E-state index >= 15 is 0 Å². The van der Waals surface area contributed by atoms with E-state index in [9.17, 15) is 4.79 Å². The standard InChI is InChI=1S/C18H27BrN4O2/c1-3-20-18(22-12-15-5-4-10-25-15)21-9-8-17(24)23-16-7-6-14(19)11-13(16)2/h6-7,11,15H,3-5,8-10,12H2,1-2H3,(H,23,24)(H2,20,21,22). The number of hydrogen-bond donors (Lipinski definition) is 3. The van der Waals surface area contributed by atoms with E-state index in [4.69, 9.17) is 4.74 Å². The smallest absolute Gasteiger partial charge is 0.226 e. The van der Waals surface area contributed by atoms with Crippen LogP contribution in [-0.2, 0) is 9.53 Å². The maximum Gasteiger partial charge on any atom is 0.226 e. The Morgan fingerprint density at radius 1 is 1.40 bits per heavy atom. The number of hydrogen-bond acceptors (Lipinski definition) is 3. The van der Waals surface area contributed by atoms with Crippen LogP contribution in [0.5, 0.6) is 0 Å². The Bertz CT molecular complexity index is 601. The van der Waals surface area contributed by atoms with Crippen molar-refractivity contribution in [1.82, 2.24) is 10.6 Å². The average Bonchev–Trinajstić information content (AvgIpc) is 3.09. The van der Waals surface area contributed by atoms with Crippen molar-refractivity contribution in [2.75, 3.05) is 31.6 Å². The van der Waals surface area contributed by atoms with Gasteiger partial charge in [-0.2, -0.15) is 0 Å². The van der Waals surface area contributed by atoms with E-state index in [-0.39, 0.29) is 12.0 Å². The number of benzene rings is 1. The summed E-state index contributed by atoms with van der Waals surface area (Å²) in [6.07, 6.45) is 2.77. The van der Waals surface area contributed by atoms with Gasteiger partial charge in [0, 0.05) is 36.3 Å². The van der Waals surface area contributed by atoms with Crippen LogP contribution in [0.3, 0.4) is 0 Å². The predicted octanol–water partition coefficient (Wildman–Crippen LogP) is 2.82. The van der Waals surface area contributed by atoms with Crippen molar-refractivity contribution in [3.63, 3.8) is 0 Å². The van der Waals surface area contributed by atoms with Gasteiger partial charge in [0.05, 0.1) is 12.6 Å². The molecular weight excluding hydrogens is 384 g/mol. The van der Waals surface area contributed by atoms with Crippen molar-refractivity contribution in [3.8, 4) is 0 Å². The summed E-state index contributed by atoms with van der Waals surface area (Å²) in [6.45, 7) is 6.78. The van der Waals surface area contributed by atoms with Gasteiger partial charge in [0.15, 0.2) is 5.96 Å². The molecule has 0 spiro atoms. The molecule has 1 unspecified atom stereocenters. The molecule has 7 heteroatoms. The molecule has 1 saturated heterocycles. The summed E-state index contributed by atoms with van der Waals surface area (Å²) in [4.78, 5) is 16.6. The Kier molecular flexibility index (Phi) is 8.21. The van der Waals surface area contributed by atoms with E-state index in [2.05, 4.69) is 36.9 Å². The number of amides is 1. The summed E-state index contributed by atoms with van der Waals surface area (Å²) >= 11 is 3.42. The second-order valence-corrected chi connectivity index (χ2v) is 6.95. The Labute approximate surface area is 157 Å². The van der Waals surface area contributed by atoms with Crippen LogP contribution in [0.2, 0.25) is 0 Å². The third kappa shape index (κ3) is 7.04. The molecule has 1 aliphatic rings. The number of rotatable bonds is 7. The first-order valence-electron chi connectivity index (χ1n) is 8.78. The van der Waals surface area contributed by atoms with Crippen LogP contribution in [0.1, 0.15) is 31.7 Å². The number of nitrogens with zero attached hydrogens (tertiary/aromatic N) is 1. The van der Waals surface area contributed by atoms with Gasteiger partial charge >= 0.3 is 0 Å². The van der Waals surface area contributed by atoms with Crippen LogP contribution in [0, 0.1) is 6.92 Å². The molecule has 1 fully saturated rings. The first kappa shape index (κ1) is 19.7. The Morgan fingerprint density at radius 3 is 2.92 bits per heavy atom. The zero-order chi connectivity index (χ0) is 18.1. The molecule has 1 amide bonds. The Morgan fingerprint density at radius 2 is 2.24 bits per heavy atom. The molecule has 1 heterocycles. The summed E-state index contributed by atoms with van der Waals surface area (Å²) in [5.41, 5.74) is 1.87. The molecule has 0 radical (unpaired) electrons. The molecule has 1 atom stereocenters. The monoisotopic (exact) mass is 410 g/mol. The Hall–Kier alpha value is -1.60. The van der Waals surface area contributed by atoms with E-state index in [1.807, 2.05) is 32.0 Å². The minimum atomic E-state index is -0.0205. The first-order valence-corrected chi connectivity index (χ1v) is 9.57. The average molecular weight is 411 g/mol. The van der Waals surface area contributed by atoms with Gasteiger partial charge in [-0.15, -0.1) is 0 Å². The van der Waals surface area contributed by atoms with Crippen molar-refractivity contribution in [2.24, 2.45) is 4.99 Å². The van der Waals surface area contributed by atoms with E-state index in [1.165, 1.54) is 0 Å². The van der Waals surface area contributed by atoms with E-state index < -0.39 is 0 Å². The lowest BCUT2D eigenvalue weighted by atomic mass is 10.2. The highest BCUT2D eigenvalue weighted by Crippen LogP contribution is 2.20. The summed E-state index contributed by atoms with van der Waals surface area (Å²) in [6, 6.07) is 5.80. The van der Waals surface area contributed by atoms with Crippen molar-refractivity contribution in [1.29, 1.82) is 0 Å². The molecule has 0 aliphatic carbocycles. The number of aliphatic imine (C=N–C) groups is 1. The summed E-state index contributed by atoms with van der Waals surface area (Å²) in [7, 11) is 0. The molecule has 0 bridgehead atoms. The van der Waals surface area contributed by atoms with E-state index in [0.717, 1.165) is 47.7 Å². The minimum absolute atomic E-state index is 0.0205. The van der Waals surface area contributed by atoms with Crippen LogP contribution in [0.4, 0.5) is 5.69 Å². The van der Waals surface area contributed by atoms with Crippen molar-refractivity contribution < 1.29 is 9.53 Å². The zero-order valence-electron chi connectivity index (χ0n) is 14.9. The highest BCUT2D eigenvalue weighted by atomic mass is 79.9. The normalized spacial score (nSPS) is 17.4. The largest absolute Gasteiger partial charge is 0.376 e. The van der Waals surface area contributed by atoms with Crippen LogP contribution in [0.25, 0.3) is 0 Å². The lowest BCUT2D eigenvalue weighted by molar-refractivity contribution is -0.116. The van der Waals surface area contributed by atoms with Gasteiger partial charge in [-0.1, -0.05) is 15.9 Å². The van der Waals surface area contributed by atoms with Crippen LogP contribution in [0.15, 0.2) is 27.7 Å². The summed E-state index contributed by atoms with van der Waals surface area (Å²) in [5.74, 6) is 0.707. The number of nitrogens with one attached hydrogen (secondary N) is 3. The lowest BCUT2D eigenvalue weighted by Crippen LogP contribution is -2.39. The van der Waals surface area contributed by atoms with Crippen molar-refractivity contribution >= 4 is 33.5 Å². The zero-order valence-corrected chi connectivity index (χ0v) is 16.5. The van der Waals surface area contributed by atoms with Crippen LogP contribution in [-0.4, -0.2) is 44.2 Å². The van der Waals surface area contributed by atoms with Gasteiger partial charge in [-0.05, 0) is 50.5 Å². The molecule has 6 nitrogen and oxygen atoms in total. The van der Waals surface area contributed by atoms with Gasteiger partial charge in [-0.25, -0.2) is 0 Å². The molecular formula is C18H27BrN4O2. The second kappa shape index (κ2) is 10.4. The number of aryl methyl sites for hydroxylation is 1. The number of halogens is 1. The van der Waals surface area contributed by atoms with Crippen LogP contribution >= 0.6 is 15.9 Å². The van der Waals surface area contributed by atoms with Crippen LogP contribution < -0.4 is 16.0 Å². The number of guanidine groups is 1. The third-order valence-corrected chi connectivity index (χ3v) is 4.42. The maximum absolute atomic E-state index is 12.1. The van der Waals surface area contributed by atoms with Gasteiger partial charge in [0.1, 0.15) is 0 Å². The highest BCUT2D eigenvalue weighted by Gasteiger charge is 2.15. The van der Waals surface area contributed by atoms with Crippen molar-refractivity contribution in [3.05, 3.63) is 28.2 Å². The highest BCUT2D eigenvalue weighted by molar-refractivity contribution is 9.10. The molecule has 25 heavy (non-hydrogen) atoms. The van der Waals surface area contributed by atoms with Crippen molar-refractivity contribution in [2.45, 2.75) is 39.2 Å². The third-order valence-electron chi connectivity index (χ3n) is 3.93. The summed E-state index contributed by atoms with van der Waals surface area (Å²) in [5, 5.41) is 9.33. The fraction of sp³-hybridized carbons (Fsp3) is 0.556. The number of carbonyl (C=O) groups excluding carboxylic acids is 1. The molecule has 2 rings (SSSR count). The topological polar surface area (TPSA) is 74.8 Å². The second-order valence-electron chi connectivity index (χ2n) is 6.04. The molecule has 138 valence electrons. The quantitative estimate of drug-likeness (QED) is 0.477. The summed E-state index contributed by atoms with van der Waals surface area (Å²) < 4.78 is 6.58. The van der Waals surface area contributed by atoms with Gasteiger partial charge in [0.2, 0.25) is 5.91 Å². The predicted molar refractivity (Wildman–Crippen MR) is 105 cm³/mol. The van der Waals surface area contributed by atoms with E-state index in [0.29, 0.717) is 19.5 Å². The molecule has 1 aromatic carbocycles. The fourth-order valence-corrected chi connectivity index (χ4v) is 3.07. The number of carbonyl (C=O) groups is 1. The van der Waals surface area contributed by atoms with Gasteiger partial charge < -0.3 is 20.7 Å². The number of anilines is 1.